The summed E-state index contributed by atoms with van der Waals surface area (Å²) in [6.45, 7) is 3.13. The molecule has 26 heavy (non-hydrogen) atoms. The lowest BCUT2D eigenvalue weighted by atomic mass is 10.1. The molecule has 6 heteroatoms. The number of benzene rings is 2. The average Bonchev–Trinajstić information content (AvgIpc) is 2.67. The van der Waals surface area contributed by atoms with Crippen molar-refractivity contribution in [3.8, 4) is 11.5 Å². The van der Waals surface area contributed by atoms with Crippen molar-refractivity contribution in [3.05, 3.63) is 59.9 Å². The summed E-state index contributed by atoms with van der Waals surface area (Å²) in [5, 5.41) is 6.44. The number of rotatable bonds is 8. The van der Waals surface area contributed by atoms with E-state index in [1.54, 1.807) is 32.4 Å². The summed E-state index contributed by atoms with van der Waals surface area (Å²) in [5.41, 5.74) is 1.21. The molecule has 0 fully saturated rings. The minimum absolute atomic E-state index is 0.202. The van der Waals surface area contributed by atoms with Crippen molar-refractivity contribution in [2.75, 3.05) is 27.2 Å². The fraction of sp³-hybridized carbons (Fsp3) is 0.350. The van der Waals surface area contributed by atoms with Gasteiger partial charge in [-0.2, -0.15) is 0 Å². The van der Waals surface area contributed by atoms with Crippen LogP contribution in [0.25, 0.3) is 0 Å². The van der Waals surface area contributed by atoms with Gasteiger partial charge in [0.05, 0.1) is 13.7 Å². The number of para-hydroxylation sites is 1. The second-order valence-electron chi connectivity index (χ2n) is 5.84. The highest BCUT2D eigenvalue weighted by Crippen LogP contribution is 2.16. The van der Waals surface area contributed by atoms with E-state index in [0.29, 0.717) is 12.5 Å². The molecule has 0 spiro atoms. The molecule has 5 nitrogen and oxygen atoms in total. The number of guanidine groups is 1. The normalized spacial score (nSPS) is 12.4. The van der Waals surface area contributed by atoms with E-state index in [-0.39, 0.29) is 17.7 Å². The van der Waals surface area contributed by atoms with Gasteiger partial charge in [0.25, 0.3) is 0 Å². The van der Waals surface area contributed by atoms with E-state index in [4.69, 9.17) is 9.47 Å². The van der Waals surface area contributed by atoms with Crippen LogP contribution >= 0.6 is 0 Å². The Morgan fingerprint density at radius 2 is 1.85 bits per heavy atom. The van der Waals surface area contributed by atoms with E-state index in [1.165, 1.54) is 11.6 Å². The van der Waals surface area contributed by atoms with E-state index in [9.17, 15) is 4.39 Å². The molecule has 0 saturated carbocycles. The summed E-state index contributed by atoms with van der Waals surface area (Å²) < 4.78 is 24.4. The fourth-order valence-electron chi connectivity index (χ4n) is 2.38. The third-order valence-corrected chi connectivity index (χ3v) is 3.81. The Kier molecular flexibility index (Phi) is 7.74. The van der Waals surface area contributed by atoms with Crippen LogP contribution in [0.15, 0.2) is 53.5 Å². The van der Waals surface area contributed by atoms with E-state index < -0.39 is 0 Å². The van der Waals surface area contributed by atoms with Crippen LogP contribution in [0, 0.1) is 5.82 Å². The van der Waals surface area contributed by atoms with Gasteiger partial charge in [0.1, 0.15) is 11.9 Å². The monoisotopic (exact) mass is 359 g/mol. The van der Waals surface area contributed by atoms with Crippen molar-refractivity contribution in [2.24, 2.45) is 4.99 Å². The first kappa shape index (κ1) is 19.6. The molecule has 0 radical (unpaired) electrons. The maximum atomic E-state index is 13.6. The van der Waals surface area contributed by atoms with Crippen LogP contribution in [0.3, 0.4) is 0 Å². The molecule has 2 aromatic rings. The summed E-state index contributed by atoms with van der Waals surface area (Å²) in [6.07, 6.45) is 0.665. The standard InChI is InChI=1S/C20H26FN3O2/c1-15(26-19-7-5-4-6-18(19)21)14-24-20(22-2)23-13-12-16-8-10-17(25-3)11-9-16/h4-11,15H,12-14H2,1-3H3,(H2,22,23,24). The number of aliphatic imine (C=N–C) groups is 1. The summed E-state index contributed by atoms with van der Waals surface area (Å²) in [4.78, 5) is 4.19. The first-order chi connectivity index (χ1) is 12.6. The Morgan fingerprint density at radius 1 is 1.12 bits per heavy atom. The molecule has 0 aliphatic heterocycles. The van der Waals surface area contributed by atoms with Crippen molar-refractivity contribution >= 4 is 5.96 Å². The molecule has 1 atom stereocenters. The zero-order chi connectivity index (χ0) is 18.8. The van der Waals surface area contributed by atoms with Crippen molar-refractivity contribution in [1.82, 2.24) is 10.6 Å². The third-order valence-electron chi connectivity index (χ3n) is 3.81. The highest BCUT2D eigenvalue weighted by Gasteiger charge is 2.08. The SMILES string of the molecule is CN=C(NCCc1ccc(OC)cc1)NCC(C)Oc1ccccc1F. The van der Waals surface area contributed by atoms with Crippen LogP contribution in [0.2, 0.25) is 0 Å². The maximum absolute atomic E-state index is 13.6. The van der Waals surface area contributed by atoms with Crippen molar-refractivity contribution < 1.29 is 13.9 Å². The number of nitrogens with one attached hydrogen (secondary N) is 2. The predicted molar refractivity (Wildman–Crippen MR) is 103 cm³/mol. The number of ether oxygens (including phenoxy) is 2. The topological polar surface area (TPSA) is 54.9 Å². The van der Waals surface area contributed by atoms with Crippen LogP contribution in [-0.2, 0) is 6.42 Å². The minimum atomic E-state index is -0.360. The molecule has 0 heterocycles. The first-order valence-corrected chi connectivity index (χ1v) is 8.61. The second-order valence-corrected chi connectivity index (χ2v) is 5.84. The zero-order valence-electron chi connectivity index (χ0n) is 15.5. The molecule has 0 aromatic heterocycles. The fourth-order valence-corrected chi connectivity index (χ4v) is 2.38. The third kappa shape index (κ3) is 6.27. The van der Waals surface area contributed by atoms with E-state index >= 15 is 0 Å². The van der Waals surface area contributed by atoms with Crippen LogP contribution < -0.4 is 20.1 Å². The van der Waals surface area contributed by atoms with Gasteiger partial charge in [-0.1, -0.05) is 24.3 Å². The van der Waals surface area contributed by atoms with Gasteiger partial charge >= 0.3 is 0 Å². The molecular formula is C20H26FN3O2. The average molecular weight is 359 g/mol. The molecule has 0 aliphatic rings. The quantitative estimate of drug-likeness (QED) is 0.562. The molecule has 0 amide bonds. The van der Waals surface area contributed by atoms with Crippen LogP contribution in [0.1, 0.15) is 12.5 Å². The van der Waals surface area contributed by atoms with Crippen molar-refractivity contribution in [2.45, 2.75) is 19.4 Å². The molecule has 140 valence electrons. The molecular weight excluding hydrogens is 333 g/mol. The Hall–Kier alpha value is -2.76. The minimum Gasteiger partial charge on any atom is -0.497 e. The van der Waals surface area contributed by atoms with E-state index in [0.717, 1.165) is 18.7 Å². The highest BCUT2D eigenvalue weighted by atomic mass is 19.1. The number of halogens is 1. The lowest BCUT2D eigenvalue weighted by Gasteiger charge is -2.18. The Bertz CT molecular complexity index is 704. The van der Waals surface area contributed by atoms with Gasteiger partial charge in [-0.05, 0) is 43.2 Å². The van der Waals surface area contributed by atoms with Crippen molar-refractivity contribution in [3.63, 3.8) is 0 Å². The smallest absolute Gasteiger partial charge is 0.191 e. The van der Waals surface area contributed by atoms with Gasteiger partial charge in [0, 0.05) is 13.6 Å². The van der Waals surface area contributed by atoms with Gasteiger partial charge in [-0.25, -0.2) is 4.39 Å². The van der Waals surface area contributed by atoms with Gasteiger partial charge in [-0.3, -0.25) is 4.99 Å². The van der Waals surface area contributed by atoms with Crippen LogP contribution in [-0.4, -0.2) is 39.3 Å². The van der Waals surface area contributed by atoms with Crippen LogP contribution in [0.4, 0.5) is 4.39 Å². The summed E-state index contributed by atoms with van der Waals surface area (Å²) in [7, 11) is 3.37. The van der Waals surface area contributed by atoms with Gasteiger partial charge in [0.15, 0.2) is 17.5 Å². The Morgan fingerprint density at radius 3 is 2.50 bits per heavy atom. The number of methoxy groups -OCH3 is 1. The molecule has 1 unspecified atom stereocenters. The van der Waals surface area contributed by atoms with E-state index in [2.05, 4.69) is 15.6 Å². The lowest BCUT2D eigenvalue weighted by molar-refractivity contribution is 0.214. The number of hydrogen-bond acceptors (Lipinski definition) is 3. The summed E-state index contributed by atoms with van der Waals surface area (Å²) >= 11 is 0. The van der Waals surface area contributed by atoms with E-state index in [1.807, 2.05) is 31.2 Å². The largest absolute Gasteiger partial charge is 0.497 e. The maximum Gasteiger partial charge on any atom is 0.191 e. The molecule has 2 N–H and O–H groups in total. The molecule has 2 aromatic carbocycles. The molecule has 2 rings (SSSR count). The predicted octanol–water partition coefficient (Wildman–Crippen LogP) is 3.01. The second kappa shape index (κ2) is 10.3. The zero-order valence-corrected chi connectivity index (χ0v) is 15.5. The Labute approximate surface area is 154 Å². The molecule has 0 bridgehead atoms. The van der Waals surface area contributed by atoms with Crippen molar-refractivity contribution in [1.29, 1.82) is 0 Å². The lowest BCUT2D eigenvalue weighted by Crippen LogP contribution is -2.42. The Balaban J connectivity index is 1.72. The molecule has 0 aliphatic carbocycles. The molecule has 0 saturated heterocycles. The van der Waals surface area contributed by atoms with Gasteiger partial charge < -0.3 is 20.1 Å². The highest BCUT2D eigenvalue weighted by molar-refractivity contribution is 5.79. The summed E-state index contributed by atoms with van der Waals surface area (Å²) in [5.74, 6) is 1.43. The summed E-state index contributed by atoms with van der Waals surface area (Å²) in [6, 6.07) is 14.4. The number of nitrogens with zero attached hydrogens (tertiary/aromatic N) is 1. The van der Waals surface area contributed by atoms with Gasteiger partial charge in [0.2, 0.25) is 0 Å². The number of hydrogen-bond donors (Lipinski definition) is 2. The first-order valence-electron chi connectivity index (χ1n) is 8.61. The van der Waals surface area contributed by atoms with Crippen LogP contribution in [0.5, 0.6) is 11.5 Å². The van der Waals surface area contributed by atoms with Gasteiger partial charge in [-0.15, -0.1) is 0 Å².